The first-order valence-electron chi connectivity index (χ1n) is 7.19. The molecule has 0 aromatic heterocycles. The molecule has 140 valence electrons. The van der Waals surface area contributed by atoms with Gasteiger partial charge in [-0.2, -0.15) is 0 Å². The largest absolute Gasteiger partial charge is 0.493 e. The number of aldehydes is 2. The molecule has 8 heteroatoms. The molecular formula is C18H18Br2O6. The van der Waals surface area contributed by atoms with E-state index in [0.29, 0.717) is 43.1 Å². The minimum Gasteiger partial charge on any atom is -0.493 e. The molecule has 26 heavy (non-hydrogen) atoms. The Morgan fingerprint density at radius 3 is 1.23 bits per heavy atom. The van der Waals surface area contributed by atoms with Gasteiger partial charge in [0.1, 0.15) is 12.6 Å². The number of halogens is 2. The van der Waals surface area contributed by atoms with Crippen LogP contribution in [0.1, 0.15) is 20.7 Å². The van der Waals surface area contributed by atoms with Crippen molar-refractivity contribution in [2.45, 2.75) is 0 Å². The summed E-state index contributed by atoms with van der Waals surface area (Å²) in [6.07, 6.45) is 1.51. The Morgan fingerprint density at radius 2 is 1.00 bits per heavy atom. The number of hydrogen-bond donors (Lipinski definition) is 0. The summed E-state index contributed by atoms with van der Waals surface area (Å²) in [5, 5.41) is 0. The maximum absolute atomic E-state index is 10.5. The van der Waals surface area contributed by atoms with Gasteiger partial charge in [0.15, 0.2) is 23.0 Å². The Hall–Kier alpha value is -2.06. The summed E-state index contributed by atoms with van der Waals surface area (Å²) in [4.78, 5) is 21.0. The minimum atomic E-state index is 0.541. The maximum atomic E-state index is 10.5. The van der Waals surface area contributed by atoms with Crippen molar-refractivity contribution in [3.8, 4) is 23.0 Å². The average Bonchev–Trinajstić information content (AvgIpc) is 2.66. The van der Waals surface area contributed by atoms with Crippen LogP contribution in [0.25, 0.3) is 0 Å². The van der Waals surface area contributed by atoms with E-state index in [9.17, 15) is 9.59 Å². The van der Waals surface area contributed by atoms with Crippen LogP contribution in [-0.4, -0.2) is 41.0 Å². The van der Waals surface area contributed by atoms with E-state index in [1.807, 2.05) is 0 Å². The van der Waals surface area contributed by atoms with Crippen molar-refractivity contribution in [2.24, 2.45) is 0 Å². The van der Waals surface area contributed by atoms with E-state index in [1.165, 1.54) is 14.2 Å². The van der Waals surface area contributed by atoms with E-state index in [1.54, 1.807) is 38.5 Å². The Kier molecular flexibility index (Phi) is 9.15. The van der Waals surface area contributed by atoms with Crippen LogP contribution in [0.15, 0.2) is 33.2 Å². The Labute approximate surface area is 168 Å². The van der Waals surface area contributed by atoms with Crippen molar-refractivity contribution < 1.29 is 28.5 Å². The van der Waals surface area contributed by atoms with Gasteiger partial charge in [0.05, 0.1) is 37.4 Å². The van der Waals surface area contributed by atoms with Crippen molar-refractivity contribution in [3.05, 3.63) is 44.3 Å². The lowest BCUT2D eigenvalue weighted by molar-refractivity contribution is 0.111. The molecule has 0 atom stereocenters. The van der Waals surface area contributed by atoms with Crippen LogP contribution in [-0.2, 0) is 0 Å². The number of hydrogen-bond acceptors (Lipinski definition) is 6. The van der Waals surface area contributed by atoms with E-state index < -0.39 is 0 Å². The van der Waals surface area contributed by atoms with E-state index in [4.69, 9.17) is 18.9 Å². The van der Waals surface area contributed by atoms with E-state index in [2.05, 4.69) is 31.9 Å². The van der Waals surface area contributed by atoms with Gasteiger partial charge < -0.3 is 18.9 Å². The van der Waals surface area contributed by atoms with Gasteiger partial charge in [0, 0.05) is 11.1 Å². The zero-order chi connectivity index (χ0) is 19.7. The second-order valence-corrected chi connectivity index (χ2v) is 6.42. The van der Waals surface area contributed by atoms with E-state index in [0.717, 1.165) is 12.6 Å². The molecule has 0 amide bonds. The van der Waals surface area contributed by atoms with Gasteiger partial charge in [0.25, 0.3) is 0 Å². The van der Waals surface area contributed by atoms with Crippen molar-refractivity contribution in [1.82, 2.24) is 0 Å². The van der Waals surface area contributed by atoms with Crippen molar-refractivity contribution >= 4 is 44.4 Å². The van der Waals surface area contributed by atoms with Gasteiger partial charge in [-0.3, -0.25) is 9.59 Å². The Bertz CT molecular complexity index is 711. The molecular weight excluding hydrogens is 472 g/mol. The lowest BCUT2D eigenvalue weighted by atomic mass is 10.2. The third kappa shape index (κ3) is 5.47. The van der Waals surface area contributed by atoms with Crippen LogP contribution in [0.5, 0.6) is 23.0 Å². The van der Waals surface area contributed by atoms with Crippen LogP contribution in [0, 0.1) is 0 Å². The molecule has 2 aromatic carbocycles. The molecule has 0 saturated heterocycles. The minimum absolute atomic E-state index is 0.541. The second-order valence-electron chi connectivity index (χ2n) is 4.71. The van der Waals surface area contributed by atoms with Gasteiger partial charge in [-0.05, 0) is 56.1 Å². The fourth-order valence-electron chi connectivity index (χ4n) is 2.01. The SMILES string of the molecule is COc1cc(C=O)cc(Br)c1OC.COc1cc(C=O)cc(Br)c1OC. The standard InChI is InChI=1S/2C9H9BrO3/c2*1-12-8-4-6(5-11)3-7(10)9(8)13-2/h2*3-5H,1-2H3. The first-order chi connectivity index (χ1) is 12.4. The molecule has 0 N–H and O–H groups in total. The van der Waals surface area contributed by atoms with Gasteiger partial charge in [-0.15, -0.1) is 0 Å². The predicted molar refractivity (Wildman–Crippen MR) is 105 cm³/mol. The quantitative estimate of drug-likeness (QED) is 0.554. The number of rotatable bonds is 6. The molecule has 0 aliphatic heterocycles. The highest BCUT2D eigenvalue weighted by atomic mass is 79.9. The topological polar surface area (TPSA) is 71.1 Å². The predicted octanol–water partition coefficient (Wildman–Crippen LogP) is 4.56. The smallest absolute Gasteiger partial charge is 0.174 e. The lowest BCUT2D eigenvalue weighted by Crippen LogP contribution is -1.93. The highest BCUT2D eigenvalue weighted by molar-refractivity contribution is 9.11. The normalized spacial score (nSPS) is 9.46. The molecule has 2 aromatic rings. The van der Waals surface area contributed by atoms with Crippen molar-refractivity contribution in [3.63, 3.8) is 0 Å². The zero-order valence-electron chi connectivity index (χ0n) is 14.7. The zero-order valence-corrected chi connectivity index (χ0v) is 17.8. The molecule has 0 radical (unpaired) electrons. The Balaban J connectivity index is 0.000000260. The molecule has 0 unspecified atom stereocenters. The summed E-state index contributed by atoms with van der Waals surface area (Å²) in [5.41, 5.74) is 1.09. The highest BCUT2D eigenvalue weighted by Gasteiger charge is 2.10. The summed E-state index contributed by atoms with van der Waals surface area (Å²) in [6, 6.07) is 6.59. The molecule has 0 heterocycles. The molecule has 0 bridgehead atoms. The van der Waals surface area contributed by atoms with Crippen LogP contribution in [0.4, 0.5) is 0 Å². The third-order valence-corrected chi connectivity index (χ3v) is 4.36. The number of ether oxygens (including phenoxy) is 4. The van der Waals surface area contributed by atoms with Crippen LogP contribution < -0.4 is 18.9 Å². The first kappa shape index (κ1) is 22.0. The summed E-state index contributed by atoms with van der Waals surface area (Å²) in [7, 11) is 6.14. The molecule has 0 spiro atoms. The third-order valence-electron chi connectivity index (χ3n) is 3.18. The average molecular weight is 490 g/mol. The van der Waals surface area contributed by atoms with Gasteiger partial charge in [0.2, 0.25) is 0 Å². The molecule has 2 rings (SSSR count). The number of methoxy groups -OCH3 is 4. The van der Waals surface area contributed by atoms with Gasteiger partial charge in [-0.25, -0.2) is 0 Å². The monoisotopic (exact) mass is 488 g/mol. The summed E-state index contributed by atoms with van der Waals surface area (Å²) in [6.45, 7) is 0. The van der Waals surface area contributed by atoms with Gasteiger partial charge >= 0.3 is 0 Å². The van der Waals surface area contributed by atoms with Crippen molar-refractivity contribution in [2.75, 3.05) is 28.4 Å². The number of carbonyl (C=O) groups excluding carboxylic acids is 2. The fraction of sp³-hybridized carbons (Fsp3) is 0.222. The molecule has 0 aliphatic carbocycles. The second kappa shape index (κ2) is 10.8. The summed E-state index contributed by atoms with van der Waals surface area (Å²) in [5.74, 6) is 2.26. The lowest BCUT2D eigenvalue weighted by Gasteiger charge is -2.09. The van der Waals surface area contributed by atoms with E-state index in [-0.39, 0.29) is 0 Å². The number of carbonyl (C=O) groups is 2. The summed E-state index contributed by atoms with van der Waals surface area (Å²) < 4.78 is 21.7. The first-order valence-corrected chi connectivity index (χ1v) is 8.77. The van der Waals surface area contributed by atoms with Gasteiger partial charge in [-0.1, -0.05) is 0 Å². The fourth-order valence-corrected chi connectivity index (χ4v) is 3.26. The molecule has 6 nitrogen and oxygen atoms in total. The number of benzene rings is 2. The molecule has 0 saturated carbocycles. The van der Waals surface area contributed by atoms with Crippen LogP contribution in [0.3, 0.4) is 0 Å². The van der Waals surface area contributed by atoms with Crippen LogP contribution in [0.2, 0.25) is 0 Å². The highest BCUT2D eigenvalue weighted by Crippen LogP contribution is 2.36. The molecule has 0 aliphatic rings. The van der Waals surface area contributed by atoms with Crippen molar-refractivity contribution in [1.29, 1.82) is 0 Å². The maximum Gasteiger partial charge on any atom is 0.174 e. The van der Waals surface area contributed by atoms with E-state index >= 15 is 0 Å². The summed E-state index contributed by atoms with van der Waals surface area (Å²) >= 11 is 6.55. The Morgan fingerprint density at radius 1 is 0.654 bits per heavy atom. The molecule has 0 fully saturated rings. The van der Waals surface area contributed by atoms with Crippen LogP contribution >= 0.6 is 31.9 Å².